The Kier molecular flexibility index (Phi) is 6.15. The van der Waals surface area contributed by atoms with Gasteiger partial charge in [0.2, 0.25) is 0 Å². The Balaban J connectivity index is 2.63. The molecule has 0 spiro atoms. The average molecular weight is 257 g/mol. The van der Waals surface area contributed by atoms with E-state index in [0.717, 1.165) is 23.4 Å². The van der Waals surface area contributed by atoms with E-state index < -0.39 is 10.8 Å². The van der Waals surface area contributed by atoms with Crippen molar-refractivity contribution in [3.8, 4) is 5.75 Å². The largest absolute Gasteiger partial charge is 0.493 e. The third-order valence-electron chi connectivity index (χ3n) is 2.35. The number of pyridine rings is 1. The Labute approximate surface area is 105 Å². The highest BCUT2D eigenvalue weighted by Gasteiger charge is 2.07. The van der Waals surface area contributed by atoms with Crippen LogP contribution >= 0.6 is 0 Å². The first-order valence-corrected chi connectivity index (χ1v) is 7.24. The molecule has 0 amide bonds. The molecule has 0 saturated carbocycles. The SMILES string of the molecule is COCCCOc1ccnc(CS(C)=O)c1C. The molecule has 96 valence electrons. The Bertz CT molecular complexity index is 382. The van der Waals surface area contributed by atoms with E-state index in [4.69, 9.17) is 9.47 Å². The van der Waals surface area contributed by atoms with Gasteiger partial charge in [-0.1, -0.05) is 0 Å². The van der Waals surface area contributed by atoms with Gasteiger partial charge in [0.15, 0.2) is 0 Å². The van der Waals surface area contributed by atoms with Gasteiger partial charge in [-0.05, 0) is 13.0 Å². The maximum absolute atomic E-state index is 11.2. The van der Waals surface area contributed by atoms with Crippen LogP contribution in [0.3, 0.4) is 0 Å². The smallest absolute Gasteiger partial charge is 0.125 e. The van der Waals surface area contributed by atoms with Crippen molar-refractivity contribution in [2.75, 3.05) is 26.6 Å². The van der Waals surface area contributed by atoms with E-state index >= 15 is 0 Å². The first kappa shape index (κ1) is 14.1. The molecule has 0 radical (unpaired) electrons. The minimum absolute atomic E-state index is 0.473. The quantitative estimate of drug-likeness (QED) is 0.697. The van der Waals surface area contributed by atoms with Gasteiger partial charge in [-0.15, -0.1) is 0 Å². The Morgan fingerprint density at radius 2 is 2.18 bits per heavy atom. The summed E-state index contributed by atoms with van der Waals surface area (Å²) in [6.45, 7) is 3.25. The third kappa shape index (κ3) is 4.83. The molecule has 1 heterocycles. The Hall–Kier alpha value is -0.940. The number of aromatic nitrogens is 1. The molecule has 0 aliphatic heterocycles. The summed E-state index contributed by atoms with van der Waals surface area (Å²) in [7, 11) is 0.791. The third-order valence-corrected chi connectivity index (χ3v) is 3.03. The van der Waals surface area contributed by atoms with Gasteiger partial charge in [0.1, 0.15) is 5.75 Å². The van der Waals surface area contributed by atoms with E-state index in [-0.39, 0.29) is 0 Å². The van der Waals surface area contributed by atoms with Crippen LogP contribution in [0.2, 0.25) is 0 Å². The average Bonchev–Trinajstić information content (AvgIpc) is 2.28. The summed E-state index contributed by atoms with van der Waals surface area (Å²) in [6, 6.07) is 1.84. The first-order valence-electron chi connectivity index (χ1n) is 5.51. The van der Waals surface area contributed by atoms with E-state index in [0.29, 0.717) is 19.0 Å². The van der Waals surface area contributed by atoms with Crippen LogP contribution in [-0.4, -0.2) is 35.8 Å². The summed E-state index contributed by atoms with van der Waals surface area (Å²) in [5.74, 6) is 1.29. The minimum atomic E-state index is -0.882. The zero-order valence-corrected chi connectivity index (χ0v) is 11.4. The van der Waals surface area contributed by atoms with Gasteiger partial charge >= 0.3 is 0 Å². The highest BCUT2D eigenvalue weighted by Crippen LogP contribution is 2.20. The van der Waals surface area contributed by atoms with Gasteiger partial charge in [-0.3, -0.25) is 9.19 Å². The lowest BCUT2D eigenvalue weighted by atomic mass is 10.2. The number of hydrogen-bond donors (Lipinski definition) is 0. The minimum Gasteiger partial charge on any atom is -0.493 e. The fraction of sp³-hybridized carbons (Fsp3) is 0.583. The van der Waals surface area contributed by atoms with Crippen LogP contribution in [-0.2, 0) is 21.3 Å². The predicted octanol–water partition coefficient (Wildman–Crippen LogP) is 1.68. The summed E-state index contributed by atoms with van der Waals surface area (Å²) in [5, 5.41) is 0. The molecule has 1 unspecified atom stereocenters. The topological polar surface area (TPSA) is 48.4 Å². The van der Waals surface area contributed by atoms with E-state index in [1.165, 1.54) is 0 Å². The van der Waals surface area contributed by atoms with Crippen molar-refractivity contribution in [2.24, 2.45) is 0 Å². The highest BCUT2D eigenvalue weighted by molar-refractivity contribution is 7.83. The van der Waals surface area contributed by atoms with Crippen molar-refractivity contribution < 1.29 is 13.7 Å². The molecular weight excluding hydrogens is 238 g/mol. The second-order valence-corrected chi connectivity index (χ2v) is 5.23. The molecule has 0 aromatic carbocycles. The lowest BCUT2D eigenvalue weighted by molar-refractivity contribution is 0.172. The molecule has 0 fully saturated rings. The zero-order valence-electron chi connectivity index (χ0n) is 10.6. The van der Waals surface area contributed by atoms with Gasteiger partial charge in [0, 0.05) is 49.0 Å². The van der Waals surface area contributed by atoms with Gasteiger partial charge in [-0.2, -0.15) is 0 Å². The molecule has 1 rings (SSSR count). The van der Waals surface area contributed by atoms with E-state index in [1.807, 2.05) is 13.0 Å². The van der Waals surface area contributed by atoms with Crippen LogP contribution in [0, 0.1) is 6.92 Å². The lowest BCUT2D eigenvalue weighted by Crippen LogP contribution is -2.05. The Morgan fingerprint density at radius 3 is 2.82 bits per heavy atom. The molecule has 1 atom stereocenters. The summed E-state index contributed by atoms with van der Waals surface area (Å²) in [6.07, 6.45) is 4.22. The fourth-order valence-corrected chi connectivity index (χ4v) is 2.11. The normalized spacial score (nSPS) is 12.4. The number of rotatable bonds is 7. The molecule has 5 heteroatoms. The highest BCUT2D eigenvalue weighted by atomic mass is 32.2. The van der Waals surface area contributed by atoms with Gasteiger partial charge in [-0.25, -0.2) is 0 Å². The predicted molar refractivity (Wildman–Crippen MR) is 68.7 cm³/mol. The van der Waals surface area contributed by atoms with Crippen LogP contribution < -0.4 is 4.74 Å². The molecule has 0 aliphatic carbocycles. The zero-order chi connectivity index (χ0) is 12.7. The lowest BCUT2D eigenvalue weighted by Gasteiger charge is -2.11. The van der Waals surface area contributed by atoms with Gasteiger partial charge < -0.3 is 9.47 Å². The fourth-order valence-electron chi connectivity index (χ4n) is 1.44. The van der Waals surface area contributed by atoms with Crippen molar-refractivity contribution in [1.29, 1.82) is 0 Å². The first-order chi connectivity index (χ1) is 8.15. The van der Waals surface area contributed by atoms with Crippen LogP contribution in [0.5, 0.6) is 5.75 Å². The monoisotopic (exact) mass is 257 g/mol. The summed E-state index contributed by atoms with van der Waals surface area (Å²) in [5.41, 5.74) is 1.81. The van der Waals surface area contributed by atoms with Crippen LogP contribution in [0.25, 0.3) is 0 Å². The number of nitrogens with zero attached hydrogens (tertiary/aromatic N) is 1. The van der Waals surface area contributed by atoms with Gasteiger partial charge in [0.05, 0.1) is 18.1 Å². The second-order valence-electron chi connectivity index (χ2n) is 3.79. The molecule has 4 nitrogen and oxygen atoms in total. The van der Waals surface area contributed by atoms with Crippen LogP contribution in [0.4, 0.5) is 0 Å². The Morgan fingerprint density at radius 1 is 1.41 bits per heavy atom. The molecule has 0 aliphatic rings. The molecule has 0 bridgehead atoms. The van der Waals surface area contributed by atoms with Crippen molar-refractivity contribution in [1.82, 2.24) is 4.98 Å². The van der Waals surface area contributed by atoms with Crippen LogP contribution in [0.15, 0.2) is 12.3 Å². The van der Waals surface area contributed by atoms with Gasteiger partial charge in [0.25, 0.3) is 0 Å². The molecule has 1 aromatic rings. The molecule has 1 aromatic heterocycles. The molecular formula is C12H19NO3S. The van der Waals surface area contributed by atoms with Crippen LogP contribution in [0.1, 0.15) is 17.7 Å². The maximum Gasteiger partial charge on any atom is 0.125 e. The van der Waals surface area contributed by atoms with Crippen molar-refractivity contribution >= 4 is 10.8 Å². The molecule has 17 heavy (non-hydrogen) atoms. The van der Waals surface area contributed by atoms with Crippen molar-refractivity contribution in [3.05, 3.63) is 23.5 Å². The number of ether oxygens (including phenoxy) is 2. The number of hydrogen-bond acceptors (Lipinski definition) is 4. The van der Waals surface area contributed by atoms with E-state index in [9.17, 15) is 4.21 Å². The summed E-state index contributed by atoms with van der Waals surface area (Å²) >= 11 is 0. The number of methoxy groups -OCH3 is 1. The van der Waals surface area contributed by atoms with E-state index in [2.05, 4.69) is 4.98 Å². The molecule has 0 saturated heterocycles. The standard InChI is InChI=1S/C12H19NO3S/c1-10-11(9-17(3)14)13-6-5-12(10)16-8-4-7-15-2/h5-6H,4,7-9H2,1-3H3. The summed E-state index contributed by atoms with van der Waals surface area (Å²) in [4.78, 5) is 4.23. The van der Waals surface area contributed by atoms with Crippen molar-refractivity contribution in [2.45, 2.75) is 19.1 Å². The maximum atomic E-state index is 11.2. The molecule has 0 N–H and O–H groups in total. The summed E-state index contributed by atoms with van der Waals surface area (Å²) < 4.78 is 21.8. The second kappa shape index (κ2) is 7.40. The van der Waals surface area contributed by atoms with Crippen molar-refractivity contribution in [3.63, 3.8) is 0 Å². The van der Waals surface area contributed by atoms with E-state index in [1.54, 1.807) is 19.6 Å².